The molecule has 1 fully saturated rings. The van der Waals surface area contributed by atoms with Crippen molar-refractivity contribution in [2.24, 2.45) is 11.8 Å². The fourth-order valence-corrected chi connectivity index (χ4v) is 2.64. The standard InChI is InChI=1S/C15H29N3O3/c1-11(2)10-18(8-7-17(3)4)15(21)16-13-6-5-12(9-13)14(19)20/h11-13H,5-10H2,1-4H3,(H,16,21)(H,19,20)/t12-,13+/m1/s1. The SMILES string of the molecule is CC(C)CN(CCN(C)C)C(=O)N[C@H]1CC[C@@H](C(=O)O)C1. The molecule has 6 nitrogen and oxygen atoms in total. The first-order valence-corrected chi connectivity index (χ1v) is 7.72. The zero-order valence-electron chi connectivity index (χ0n) is 13.6. The molecule has 2 amide bonds. The summed E-state index contributed by atoms with van der Waals surface area (Å²) >= 11 is 0. The molecule has 0 radical (unpaired) electrons. The topological polar surface area (TPSA) is 72.9 Å². The highest BCUT2D eigenvalue weighted by Crippen LogP contribution is 2.25. The van der Waals surface area contributed by atoms with Crippen LogP contribution in [0.15, 0.2) is 0 Å². The second kappa shape index (κ2) is 8.22. The molecule has 0 unspecified atom stereocenters. The number of rotatable bonds is 7. The molecule has 0 aliphatic heterocycles. The van der Waals surface area contributed by atoms with E-state index in [9.17, 15) is 9.59 Å². The number of carbonyl (C=O) groups is 2. The van der Waals surface area contributed by atoms with Crippen LogP contribution >= 0.6 is 0 Å². The number of hydrogen-bond acceptors (Lipinski definition) is 3. The van der Waals surface area contributed by atoms with Gasteiger partial charge in [-0.15, -0.1) is 0 Å². The number of aliphatic carboxylic acids is 1. The van der Waals surface area contributed by atoms with Crippen molar-refractivity contribution in [3.63, 3.8) is 0 Å². The van der Waals surface area contributed by atoms with Gasteiger partial charge in [0.15, 0.2) is 0 Å². The normalized spacial score (nSPS) is 21.8. The van der Waals surface area contributed by atoms with Crippen LogP contribution in [0.3, 0.4) is 0 Å². The Bertz CT molecular complexity index is 358. The minimum absolute atomic E-state index is 0.00683. The number of amides is 2. The van der Waals surface area contributed by atoms with E-state index in [0.717, 1.165) is 19.5 Å². The zero-order chi connectivity index (χ0) is 16.0. The number of carboxylic acid groups (broad SMARTS) is 1. The van der Waals surface area contributed by atoms with Crippen molar-refractivity contribution in [2.45, 2.75) is 39.2 Å². The third-order valence-corrected chi connectivity index (χ3v) is 3.80. The molecular formula is C15H29N3O3. The van der Waals surface area contributed by atoms with E-state index in [1.165, 1.54) is 0 Å². The smallest absolute Gasteiger partial charge is 0.317 e. The van der Waals surface area contributed by atoms with E-state index in [1.807, 2.05) is 19.0 Å². The van der Waals surface area contributed by atoms with Gasteiger partial charge in [0.05, 0.1) is 5.92 Å². The Kier molecular flexibility index (Phi) is 6.95. The molecule has 1 rings (SSSR count). The number of likely N-dealkylation sites (N-methyl/N-ethyl adjacent to an activating group) is 1. The summed E-state index contributed by atoms with van der Waals surface area (Å²) in [6, 6.07) is -0.0748. The van der Waals surface area contributed by atoms with E-state index >= 15 is 0 Å². The monoisotopic (exact) mass is 299 g/mol. The Morgan fingerprint density at radius 2 is 1.90 bits per heavy atom. The highest BCUT2D eigenvalue weighted by Gasteiger charge is 2.31. The summed E-state index contributed by atoms with van der Waals surface area (Å²) in [5.74, 6) is -0.651. The lowest BCUT2D eigenvalue weighted by Crippen LogP contribution is -2.47. The van der Waals surface area contributed by atoms with Gasteiger partial charge in [0, 0.05) is 25.7 Å². The van der Waals surface area contributed by atoms with Gasteiger partial charge in [-0.2, -0.15) is 0 Å². The van der Waals surface area contributed by atoms with Crippen molar-refractivity contribution in [2.75, 3.05) is 33.7 Å². The molecule has 2 atom stereocenters. The molecule has 1 saturated carbocycles. The van der Waals surface area contributed by atoms with E-state index in [1.54, 1.807) is 0 Å². The predicted octanol–water partition coefficient (Wildman–Crippen LogP) is 1.47. The predicted molar refractivity (Wildman–Crippen MR) is 82.3 cm³/mol. The maximum absolute atomic E-state index is 12.4. The van der Waals surface area contributed by atoms with Crippen LogP contribution in [-0.4, -0.2) is 66.7 Å². The zero-order valence-corrected chi connectivity index (χ0v) is 13.6. The van der Waals surface area contributed by atoms with Crippen LogP contribution in [0, 0.1) is 11.8 Å². The van der Waals surface area contributed by atoms with Gasteiger partial charge in [-0.25, -0.2) is 4.79 Å². The Morgan fingerprint density at radius 3 is 2.38 bits per heavy atom. The minimum Gasteiger partial charge on any atom is -0.481 e. The number of carbonyl (C=O) groups excluding carboxylic acids is 1. The molecule has 6 heteroatoms. The highest BCUT2D eigenvalue weighted by atomic mass is 16.4. The molecule has 2 N–H and O–H groups in total. The van der Waals surface area contributed by atoms with Gasteiger partial charge < -0.3 is 20.2 Å². The molecule has 122 valence electrons. The summed E-state index contributed by atoms with van der Waals surface area (Å²) in [5, 5.41) is 12.0. The molecule has 0 aromatic rings. The van der Waals surface area contributed by atoms with Crippen molar-refractivity contribution in [1.29, 1.82) is 0 Å². The fraction of sp³-hybridized carbons (Fsp3) is 0.867. The lowest BCUT2D eigenvalue weighted by atomic mass is 10.1. The van der Waals surface area contributed by atoms with Gasteiger partial charge in [0.2, 0.25) is 0 Å². The average molecular weight is 299 g/mol. The quantitative estimate of drug-likeness (QED) is 0.746. The summed E-state index contributed by atoms with van der Waals surface area (Å²) in [5.41, 5.74) is 0. The first kappa shape index (κ1) is 17.8. The Hall–Kier alpha value is -1.30. The van der Waals surface area contributed by atoms with Crippen LogP contribution < -0.4 is 5.32 Å². The van der Waals surface area contributed by atoms with Gasteiger partial charge in [-0.05, 0) is 39.3 Å². The van der Waals surface area contributed by atoms with Crippen molar-refractivity contribution in [3.05, 3.63) is 0 Å². The van der Waals surface area contributed by atoms with E-state index in [0.29, 0.717) is 25.3 Å². The first-order valence-electron chi connectivity index (χ1n) is 7.72. The largest absolute Gasteiger partial charge is 0.481 e. The Morgan fingerprint density at radius 1 is 1.24 bits per heavy atom. The van der Waals surface area contributed by atoms with Crippen molar-refractivity contribution < 1.29 is 14.7 Å². The minimum atomic E-state index is -0.751. The van der Waals surface area contributed by atoms with Crippen LogP contribution in [0.2, 0.25) is 0 Å². The lowest BCUT2D eigenvalue weighted by Gasteiger charge is -2.27. The van der Waals surface area contributed by atoms with Gasteiger partial charge in [-0.3, -0.25) is 4.79 Å². The molecule has 0 aromatic carbocycles. The number of carboxylic acids is 1. The molecule has 0 spiro atoms. The van der Waals surface area contributed by atoms with Crippen LogP contribution in [0.25, 0.3) is 0 Å². The maximum atomic E-state index is 12.4. The second-order valence-corrected chi connectivity index (χ2v) is 6.64. The average Bonchev–Trinajstić information content (AvgIpc) is 2.82. The van der Waals surface area contributed by atoms with Crippen molar-refractivity contribution in [3.8, 4) is 0 Å². The number of urea groups is 1. The van der Waals surface area contributed by atoms with Crippen LogP contribution in [0.1, 0.15) is 33.1 Å². The third-order valence-electron chi connectivity index (χ3n) is 3.80. The summed E-state index contributed by atoms with van der Waals surface area (Å²) in [6.45, 7) is 6.40. The van der Waals surface area contributed by atoms with Crippen LogP contribution in [-0.2, 0) is 4.79 Å². The fourth-order valence-electron chi connectivity index (χ4n) is 2.64. The van der Waals surface area contributed by atoms with E-state index < -0.39 is 5.97 Å². The summed E-state index contributed by atoms with van der Waals surface area (Å²) < 4.78 is 0. The molecule has 1 aliphatic carbocycles. The molecule has 21 heavy (non-hydrogen) atoms. The van der Waals surface area contributed by atoms with E-state index in [2.05, 4.69) is 24.1 Å². The van der Waals surface area contributed by atoms with Crippen molar-refractivity contribution in [1.82, 2.24) is 15.1 Å². The number of nitrogens with zero attached hydrogens (tertiary/aromatic N) is 2. The molecule has 1 aliphatic rings. The van der Waals surface area contributed by atoms with Gasteiger partial charge in [-0.1, -0.05) is 13.8 Å². The van der Waals surface area contributed by atoms with E-state index in [4.69, 9.17) is 5.11 Å². The second-order valence-electron chi connectivity index (χ2n) is 6.64. The molecular weight excluding hydrogens is 270 g/mol. The van der Waals surface area contributed by atoms with Crippen molar-refractivity contribution >= 4 is 12.0 Å². The Balaban J connectivity index is 2.50. The van der Waals surface area contributed by atoms with Gasteiger partial charge in [0.25, 0.3) is 0 Å². The van der Waals surface area contributed by atoms with Gasteiger partial charge in [0.1, 0.15) is 0 Å². The summed E-state index contributed by atoms with van der Waals surface area (Å²) in [7, 11) is 3.97. The Labute approximate surface area is 127 Å². The highest BCUT2D eigenvalue weighted by molar-refractivity contribution is 5.75. The molecule has 0 saturated heterocycles. The molecule has 0 aromatic heterocycles. The summed E-state index contributed by atoms with van der Waals surface area (Å²) in [4.78, 5) is 27.2. The number of nitrogens with one attached hydrogen (secondary N) is 1. The third kappa shape index (κ3) is 6.33. The van der Waals surface area contributed by atoms with Gasteiger partial charge >= 0.3 is 12.0 Å². The number of hydrogen-bond donors (Lipinski definition) is 2. The lowest BCUT2D eigenvalue weighted by molar-refractivity contribution is -0.141. The molecule has 0 heterocycles. The first-order chi connectivity index (χ1) is 9.79. The van der Waals surface area contributed by atoms with Crippen LogP contribution in [0.5, 0.6) is 0 Å². The molecule has 0 bridgehead atoms. The van der Waals surface area contributed by atoms with Crippen LogP contribution in [0.4, 0.5) is 4.79 Å². The van der Waals surface area contributed by atoms with E-state index in [-0.39, 0.29) is 18.0 Å². The summed E-state index contributed by atoms with van der Waals surface area (Å²) in [6.07, 6.45) is 1.96. The maximum Gasteiger partial charge on any atom is 0.317 e.